The van der Waals surface area contributed by atoms with Crippen molar-refractivity contribution in [3.63, 3.8) is 0 Å². The molecule has 2 nitrogen and oxygen atoms in total. The normalized spacial score (nSPS) is 15.4. The molecule has 0 saturated heterocycles. The highest BCUT2D eigenvalue weighted by Crippen LogP contribution is 2.16. The second-order valence-electron chi connectivity index (χ2n) is 4.13. The average Bonchev–Trinajstić information content (AvgIpc) is 2.31. The Hall–Kier alpha value is -0.890. The summed E-state index contributed by atoms with van der Waals surface area (Å²) in [6, 6.07) is 0. The molecule has 0 aromatic heterocycles. The van der Waals surface area contributed by atoms with Crippen molar-refractivity contribution in [1.82, 2.24) is 0 Å². The summed E-state index contributed by atoms with van der Waals surface area (Å²) in [5.74, 6) is 0. The summed E-state index contributed by atoms with van der Waals surface area (Å²) < 4.78 is 0. The number of aliphatic hydroxyl groups is 1. The smallest absolute Gasteiger partial charge is 0.0540 e. The van der Waals surface area contributed by atoms with Crippen LogP contribution in [0.4, 0.5) is 0 Å². The van der Waals surface area contributed by atoms with E-state index < -0.39 is 0 Å². The number of allylic oxidation sites excluding steroid dienone is 2. The van der Waals surface area contributed by atoms with E-state index in [-0.39, 0.29) is 6.10 Å². The maximum atomic E-state index is 8.91. The van der Waals surface area contributed by atoms with Gasteiger partial charge in [0.25, 0.3) is 0 Å². The highest BCUT2D eigenvalue weighted by Gasteiger charge is 2.07. The molecule has 0 bridgehead atoms. The third-order valence-corrected chi connectivity index (χ3v) is 2.08. The molecule has 0 heterocycles. The lowest BCUT2D eigenvalue weighted by Gasteiger charge is -2.14. The van der Waals surface area contributed by atoms with Crippen molar-refractivity contribution >= 4 is 6.21 Å². The Morgan fingerprint density at radius 1 is 1.12 bits per heavy atom. The molecule has 1 fully saturated rings. The summed E-state index contributed by atoms with van der Waals surface area (Å²) >= 11 is 0. The van der Waals surface area contributed by atoms with E-state index in [9.17, 15) is 0 Å². The van der Waals surface area contributed by atoms with E-state index in [0.29, 0.717) is 0 Å². The predicted octanol–water partition coefficient (Wildman–Crippen LogP) is 4.50. The van der Waals surface area contributed by atoms with Gasteiger partial charge in [0.05, 0.1) is 6.10 Å². The summed E-state index contributed by atoms with van der Waals surface area (Å²) in [4.78, 5) is 3.91. The molecule has 0 amide bonds. The number of hydrogen-bond acceptors (Lipinski definition) is 2. The van der Waals surface area contributed by atoms with Crippen molar-refractivity contribution < 1.29 is 5.11 Å². The highest BCUT2D eigenvalue weighted by atomic mass is 16.3. The van der Waals surface area contributed by atoms with Crippen molar-refractivity contribution in [2.45, 2.75) is 65.9 Å². The fraction of sp³-hybridized carbons (Fsp3) is 0.667. The first-order valence-electron chi connectivity index (χ1n) is 6.55. The van der Waals surface area contributed by atoms with Crippen LogP contribution in [0.2, 0.25) is 0 Å². The predicted molar refractivity (Wildman–Crippen MR) is 78.6 cm³/mol. The van der Waals surface area contributed by atoms with E-state index in [1.807, 2.05) is 27.7 Å². The Morgan fingerprint density at radius 3 is 1.76 bits per heavy atom. The maximum absolute atomic E-state index is 8.91. The molecule has 0 unspecified atom stereocenters. The van der Waals surface area contributed by atoms with Crippen LogP contribution >= 0.6 is 0 Å². The van der Waals surface area contributed by atoms with Gasteiger partial charge in [0.15, 0.2) is 0 Å². The molecule has 0 aromatic carbocycles. The minimum atomic E-state index is 0.0359. The van der Waals surface area contributed by atoms with E-state index in [1.165, 1.54) is 19.3 Å². The third kappa shape index (κ3) is 17.7. The monoisotopic (exact) mass is 239 g/mol. The lowest BCUT2D eigenvalue weighted by Crippen LogP contribution is -2.09. The molecule has 2 heteroatoms. The SMILES string of the molecule is C=C(C)C=NC(=C)C.CC.OC1CCCCC1. The summed E-state index contributed by atoms with van der Waals surface area (Å²) in [6.45, 7) is 15.0. The van der Waals surface area contributed by atoms with Gasteiger partial charge in [0.2, 0.25) is 0 Å². The lowest BCUT2D eigenvalue weighted by molar-refractivity contribution is 0.130. The molecule has 1 aliphatic rings. The van der Waals surface area contributed by atoms with Gasteiger partial charge in [-0.2, -0.15) is 0 Å². The second kappa shape index (κ2) is 13.2. The summed E-state index contributed by atoms with van der Waals surface area (Å²) in [5, 5.41) is 8.91. The molecule has 1 saturated carbocycles. The maximum Gasteiger partial charge on any atom is 0.0540 e. The van der Waals surface area contributed by atoms with Crippen LogP contribution in [0.15, 0.2) is 29.4 Å². The first-order chi connectivity index (χ1) is 8.02. The second-order valence-corrected chi connectivity index (χ2v) is 4.13. The number of nitrogens with zero attached hydrogens (tertiary/aromatic N) is 1. The third-order valence-electron chi connectivity index (χ3n) is 2.08. The van der Waals surface area contributed by atoms with E-state index in [0.717, 1.165) is 24.1 Å². The van der Waals surface area contributed by atoms with Gasteiger partial charge in [-0.1, -0.05) is 46.3 Å². The first kappa shape index (κ1) is 18.5. The zero-order valence-corrected chi connectivity index (χ0v) is 12.0. The average molecular weight is 239 g/mol. The van der Waals surface area contributed by atoms with E-state index >= 15 is 0 Å². The van der Waals surface area contributed by atoms with Crippen LogP contribution in [0, 0.1) is 0 Å². The van der Waals surface area contributed by atoms with Crippen molar-refractivity contribution in [1.29, 1.82) is 0 Å². The lowest BCUT2D eigenvalue weighted by atomic mass is 9.98. The molecular weight excluding hydrogens is 210 g/mol. The Balaban J connectivity index is 0. The fourth-order valence-corrected chi connectivity index (χ4v) is 1.30. The number of aliphatic hydroxyl groups excluding tert-OH is 1. The fourth-order valence-electron chi connectivity index (χ4n) is 1.30. The van der Waals surface area contributed by atoms with Crippen molar-refractivity contribution in [2.75, 3.05) is 0 Å². The van der Waals surface area contributed by atoms with Gasteiger partial charge < -0.3 is 5.11 Å². The minimum absolute atomic E-state index is 0.0359. The van der Waals surface area contributed by atoms with Crippen LogP contribution < -0.4 is 0 Å². The molecule has 1 aliphatic carbocycles. The Labute approximate surface area is 107 Å². The van der Waals surface area contributed by atoms with Crippen molar-refractivity contribution in [3.05, 3.63) is 24.4 Å². The highest BCUT2D eigenvalue weighted by molar-refractivity contribution is 5.77. The molecule has 0 aliphatic heterocycles. The van der Waals surface area contributed by atoms with Crippen molar-refractivity contribution in [2.24, 2.45) is 4.99 Å². The zero-order chi connectivity index (χ0) is 13.7. The van der Waals surface area contributed by atoms with Crippen LogP contribution in [0.5, 0.6) is 0 Å². The summed E-state index contributed by atoms with van der Waals surface area (Å²) in [6.07, 6.45) is 7.62. The Kier molecular flexibility index (Phi) is 14.3. The van der Waals surface area contributed by atoms with Gasteiger partial charge in [-0.15, -0.1) is 0 Å². The molecule has 0 radical (unpaired) electrons. The van der Waals surface area contributed by atoms with Crippen LogP contribution in [-0.4, -0.2) is 17.4 Å². The van der Waals surface area contributed by atoms with E-state index in [2.05, 4.69) is 18.2 Å². The van der Waals surface area contributed by atoms with Crippen LogP contribution in [0.25, 0.3) is 0 Å². The molecule has 0 aromatic rings. The number of aliphatic imine (C=N–C) groups is 1. The number of hydrogen-bond donors (Lipinski definition) is 1. The van der Waals surface area contributed by atoms with Crippen LogP contribution in [0.3, 0.4) is 0 Å². The minimum Gasteiger partial charge on any atom is -0.393 e. The van der Waals surface area contributed by atoms with Gasteiger partial charge in [-0.05, 0) is 32.3 Å². The van der Waals surface area contributed by atoms with E-state index in [4.69, 9.17) is 5.11 Å². The molecule has 1 rings (SSSR count). The van der Waals surface area contributed by atoms with Crippen LogP contribution in [-0.2, 0) is 0 Å². The van der Waals surface area contributed by atoms with E-state index in [1.54, 1.807) is 6.21 Å². The molecule has 0 atom stereocenters. The quantitative estimate of drug-likeness (QED) is 0.707. The first-order valence-corrected chi connectivity index (χ1v) is 6.55. The molecule has 17 heavy (non-hydrogen) atoms. The van der Waals surface area contributed by atoms with Gasteiger partial charge in [-0.3, -0.25) is 4.99 Å². The topological polar surface area (TPSA) is 32.6 Å². The van der Waals surface area contributed by atoms with Gasteiger partial charge in [-0.25, -0.2) is 0 Å². The Morgan fingerprint density at radius 2 is 1.59 bits per heavy atom. The summed E-state index contributed by atoms with van der Waals surface area (Å²) in [5.41, 5.74) is 1.76. The largest absolute Gasteiger partial charge is 0.393 e. The van der Waals surface area contributed by atoms with Crippen LogP contribution in [0.1, 0.15) is 59.8 Å². The Bertz CT molecular complexity index is 209. The van der Waals surface area contributed by atoms with Gasteiger partial charge in [0.1, 0.15) is 0 Å². The van der Waals surface area contributed by atoms with Crippen molar-refractivity contribution in [3.8, 4) is 0 Å². The molecular formula is C15H29NO. The van der Waals surface area contributed by atoms with Gasteiger partial charge >= 0.3 is 0 Å². The molecule has 0 spiro atoms. The standard InChI is InChI=1S/C7H11N.C6H12O.C2H6/c1-6(2)5-8-7(3)4;7-6-4-2-1-3-5-6;1-2/h5H,1,3H2,2,4H3;6-7H,1-5H2;1-2H3. The molecule has 1 N–H and O–H groups in total. The number of rotatable bonds is 2. The zero-order valence-electron chi connectivity index (χ0n) is 12.0. The molecule has 100 valence electrons. The summed E-state index contributed by atoms with van der Waals surface area (Å²) in [7, 11) is 0. The van der Waals surface area contributed by atoms with Gasteiger partial charge in [0, 0.05) is 11.9 Å².